The molecule has 0 aliphatic heterocycles. The van der Waals surface area contributed by atoms with Crippen LogP contribution in [0.4, 0.5) is 0 Å². The van der Waals surface area contributed by atoms with Crippen molar-refractivity contribution >= 4 is 59.9 Å². The zero-order valence-corrected chi connectivity index (χ0v) is 22.0. The number of benzene rings is 3. The monoisotopic (exact) mass is 595 g/mol. The number of para-hydroxylation sites is 1. The quantitative estimate of drug-likeness (QED) is 0.206. The molecule has 9 heteroatoms. The summed E-state index contributed by atoms with van der Waals surface area (Å²) < 4.78 is 20.1. The molecule has 0 unspecified atom stereocenters. The summed E-state index contributed by atoms with van der Waals surface area (Å²) in [5, 5.41) is 5.86. The van der Waals surface area contributed by atoms with E-state index >= 15 is 0 Å². The Labute approximate surface area is 217 Å². The van der Waals surface area contributed by atoms with Gasteiger partial charge in [-0.05, 0) is 76.9 Å². The highest BCUT2D eigenvalue weighted by molar-refractivity contribution is 9.10. The fourth-order valence-corrected chi connectivity index (χ4v) is 4.76. The van der Waals surface area contributed by atoms with E-state index < -0.39 is 0 Å². The van der Waals surface area contributed by atoms with E-state index in [2.05, 4.69) is 37.0 Å². The summed E-state index contributed by atoms with van der Waals surface area (Å²) in [7, 11) is 1.58. The molecule has 0 N–H and O–H groups in total. The van der Waals surface area contributed by atoms with Crippen LogP contribution in [0.25, 0.3) is 33.5 Å². The molecule has 2 aromatic heterocycles. The first-order valence-electron chi connectivity index (χ1n) is 10.7. The van der Waals surface area contributed by atoms with Gasteiger partial charge in [-0.2, -0.15) is 9.78 Å². The fraction of sp³-hybridized carbons (Fsp3) is 0.115. The van der Waals surface area contributed by atoms with Gasteiger partial charge in [-0.3, -0.25) is 4.79 Å². The second-order valence-electron chi connectivity index (χ2n) is 7.57. The molecule has 0 atom stereocenters. The van der Waals surface area contributed by atoms with E-state index in [1.165, 1.54) is 4.68 Å². The van der Waals surface area contributed by atoms with E-state index in [1.54, 1.807) is 37.6 Å². The molecule has 0 fully saturated rings. The number of methoxy groups -OCH3 is 1. The molecule has 2 heterocycles. The third-order valence-corrected chi connectivity index (χ3v) is 6.39. The van der Waals surface area contributed by atoms with Gasteiger partial charge in [0.15, 0.2) is 17.3 Å². The Morgan fingerprint density at radius 1 is 1.11 bits per heavy atom. The van der Waals surface area contributed by atoms with E-state index in [9.17, 15) is 4.79 Å². The average Bonchev–Trinajstić information content (AvgIpc) is 3.26. The summed E-state index contributed by atoms with van der Waals surface area (Å²) in [4.78, 5) is 18.2. The smallest absolute Gasteiger partial charge is 0.282 e. The van der Waals surface area contributed by atoms with Crippen LogP contribution in [-0.2, 0) is 0 Å². The Balaban J connectivity index is 1.69. The van der Waals surface area contributed by atoms with Crippen molar-refractivity contribution in [2.45, 2.75) is 6.92 Å². The van der Waals surface area contributed by atoms with Crippen LogP contribution in [0.15, 0.2) is 83.9 Å². The van der Waals surface area contributed by atoms with Gasteiger partial charge in [-0.15, -0.1) is 0 Å². The van der Waals surface area contributed by atoms with Crippen molar-refractivity contribution in [3.8, 4) is 23.1 Å². The normalized spacial score (nSPS) is 11.5. The minimum atomic E-state index is -0.305. The maximum atomic E-state index is 13.5. The molecule has 5 rings (SSSR count). The Bertz CT molecular complexity index is 1660. The van der Waals surface area contributed by atoms with Gasteiger partial charge in [0.25, 0.3) is 5.56 Å². The predicted molar refractivity (Wildman–Crippen MR) is 144 cm³/mol. The van der Waals surface area contributed by atoms with Crippen molar-refractivity contribution in [2.24, 2.45) is 5.10 Å². The van der Waals surface area contributed by atoms with Crippen molar-refractivity contribution in [1.29, 1.82) is 0 Å². The molecule has 7 nitrogen and oxygen atoms in total. The third kappa shape index (κ3) is 4.49. The molecule has 176 valence electrons. The fourth-order valence-electron chi connectivity index (χ4n) is 3.76. The van der Waals surface area contributed by atoms with Gasteiger partial charge in [0, 0.05) is 9.86 Å². The number of nitrogens with zero attached hydrogens (tertiary/aromatic N) is 3. The molecular formula is C26H19Br2N3O4. The molecule has 3 aromatic carbocycles. The second kappa shape index (κ2) is 9.67. The number of rotatable bonds is 6. The van der Waals surface area contributed by atoms with Crippen LogP contribution in [0.5, 0.6) is 11.5 Å². The van der Waals surface area contributed by atoms with Gasteiger partial charge in [0.05, 0.1) is 35.3 Å². The molecule has 0 aliphatic carbocycles. The lowest BCUT2D eigenvalue weighted by Crippen LogP contribution is -2.20. The largest absolute Gasteiger partial charge is 0.492 e. The first-order valence-corrected chi connectivity index (χ1v) is 12.3. The summed E-state index contributed by atoms with van der Waals surface area (Å²) in [6.45, 7) is 2.37. The Morgan fingerprint density at radius 2 is 1.94 bits per heavy atom. The van der Waals surface area contributed by atoms with Crippen LogP contribution in [0, 0.1) is 0 Å². The summed E-state index contributed by atoms with van der Waals surface area (Å²) in [6.07, 6.45) is 1.58. The van der Waals surface area contributed by atoms with Gasteiger partial charge >= 0.3 is 0 Å². The SMILES string of the molecule is CCOc1cc(C=Nn2c(-c3cc4cc(Br)ccc4o3)nc3ccccc3c2=O)cc(Br)c1OC. The van der Waals surface area contributed by atoms with Crippen LogP contribution in [0.2, 0.25) is 0 Å². The molecule has 0 bridgehead atoms. The molecule has 0 spiro atoms. The zero-order valence-electron chi connectivity index (χ0n) is 18.8. The predicted octanol–water partition coefficient (Wildman–Crippen LogP) is 6.62. The van der Waals surface area contributed by atoms with Gasteiger partial charge in [0.2, 0.25) is 5.82 Å². The summed E-state index contributed by atoms with van der Waals surface area (Å²) in [6, 6.07) is 18.3. The van der Waals surface area contributed by atoms with Crippen LogP contribution >= 0.6 is 31.9 Å². The lowest BCUT2D eigenvalue weighted by atomic mass is 10.2. The molecule has 0 saturated carbocycles. The van der Waals surface area contributed by atoms with Crippen LogP contribution in [-0.4, -0.2) is 29.6 Å². The highest BCUT2D eigenvalue weighted by atomic mass is 79.9. The van der Waals surface area contributed by atoms with E-state index in [-0.39, 0.29) is 5.56 Å². The van der Waals surface area contributed by atoms with Crippen molar-refractivity contribution in [2.75, 3.05) is 13.7 Å². The molecule has 0 saturated heterocycles. The molecule has 0 radical (unpaired) electrons. The number of hydrogen-bond acceptors (Lipinski definition) is 6. The van der Waals surface area contributed by atoms with Crippen LogP contribution < -0.4 is 15.0 Å². The number of aromatic nitrogens is 2. The number of ether oxygens (including phenoxy) is 2. The third-order valence-electron chi connectivity index (χ3n) is 5.31. The van der Waals surface area contributed by atoms with E-state index in [0.717, 1.165) is 9.86 Å². The van der Waals surface area contributed by atoms with Crippen molar-refractivity contribution in [1.82, 2.24) is 9.66 Å². The lowest BCUT2D eigenvalue weighted by molar-refractivity contribution is 0.310. The van der Waals surface area contributed by atoms with E-state index in [1.807, 2.05) is 43.3 Å². The Morgan fingerprint density at radius 3 is 2.74 bits per heavy atom. The maximum absolute atomic E-state index is 13.5. The lowest BCUT2D eigenvalue weighted by Gasteiger charge is -2.12. The van der Waals surface area contributed by atoms with Gasteiger partial charge in [-0.25, -0.2) is 4.98 Å². The first-order chi connectivity index (χ1) is 17.0. The molecular weight excluding hydrogens is 578 g/mol. The van der Waals surface area contributed by atoms with Crippen molar-refractivity contribution in [3.05, 3.63) is 85.5 Å². The number of furan rings is 1. The van der Waals surface area contributed by atoms with Crippen molar-refractivity contribution < 1.29 is 13.9 Å². The van der Waals surface area contributed by atoms with Crippen LogP contribution in [0.3, 0.4) is 0 Å². The van der Waals surface area contributed by atoms with Gasteiger partial charge < -0.3 is 13.9 Å². The molecule has 5 aromatic rings. The first kappa shape index (κ1) is 23.3. The van der Waals surface area contributed by atoms with Crippen molar-refractivity contribution in [3.63, 3.8) is 0 Å². The van der Waals surface area contributed by atoms with E-state index in [0.29, 0.717) is 56.2 Å². The zero-order chi connectivity index (χ0) is 24.5. The maximum Gasteiger partial charge on any atom is 0.282 e. The number of hydrogen-bond donors (Lipinski definition) is 0. The number of fused-ring (bicyclic) bond motifs is 2. The topological polar surface area (TPSA) is 78.9 Å². The second-order valence-corrected chi connectivity index (χ2v) is 9.34. The summed E-state index contributed by atoms with van der Waals surface area (Å²) in [5.74, 6) is 1.89. The molecule has 0 aliphatic rings. The minimum absolute atomic E-state index is 0.301. The van der Waals surface area contributed by atoms with Gasteiger partial charge in [0.1, 0.15) is 5.58 Å². The molecule has 0 amide bonds. The molecule has 35 heavy (non-hydrogen) atoms. The highest BCUT2D eigenvalue weighted by Crippen LogP contribution is 2.36. The summed E-state index contributed by atoms with van der Waals surface area (Å²) in [5.41, 5.74) is 1.65. The average molecular weight is 597 g/mol. The number of halogens is 2. The standard InChI is InChI=1S/C26H19Br2N3O4/c1-3-34-22-11-15(10-19(28)24(22)33-2)14-29-31-25(30-20-7-5-4-6-18(20)26(31)32)23-13-16-12-17(27)8-9-21(16)35-23/h4-14H,3H2,1-2H3. The van der Waals surface area contributed by atoms with Crippen LogP contribution in [0.1, 0.15) is 12.5 Å². The Hall–Kier alpha value is -3.43. The van der Waals surface area contributed by atoms with E-state index in [4.69, 9.17) is 18.9 Å². The highest BCUT2D eigenvalue weighted by Gasteiger charge is 2.17. The van der Waals surface area contributed by atoms with Gasteiger partial charge in [-0.1, -0.05) is 28.1 Å². The summed E-state index contributed by atoms with van der Waals surface area (Å²) >= 11 is 6.99. The minimum Gasteiger partial charge on any atom is -0.492 e. The Kier molecular flexibility index (Phi) is 6.44.